The number of carboxylic acids is 3. The first-order valence-corrected chi connectivity index (χ1v) is 13.9. The molecule has 2 N–H and O–H groups in total. The Kier molecular flexibility index (Phi) is 21.3. The molecule has 0 heterocycles. The first kappa shape index (κ1) is 33.1. The lowest BCUT2D eigenvalue weighted by Crippen LogP contribution is -2.51. The van der Waals surface area contributed by atoms with Crippen molar-refractivity contribution in [1.29, 1.82) is 0 Å². The van der Waals surface area contributed by atoms with E-state index in [-0.39, 0.29) is 19.3 Å². The fourth-order valence-corrected chi connectivity index (χ4v) is 4.70. The van der Waals surface area contributed by atoms with Crippen LogP contribution in [-0.4, -0.2) is 58.8 Å². The van der Waals surface area contributed by atoms with Gasteiger partial charge in [-0.2, -0.15) is 0 Å². The Hall–Kier alpha value is -1.89. The van der Waals surface area contributed by atoms with Crippen molar-refractivity contribution in [3.63, 3.8) is 0 Å². The van der Waals surface area contributed by atoms with Gasteiger partial charge in [0, 0.05) is 25.2 Å². The van der Waals surface area contributed by atoms with E-state index < -0.39 is 17.9 Å². The number of nitrogens with zero attached hydrogens (tertiary/aromatic N) is 1. The van der Waals surface area contributed by atoms with Gasteiger partial charge in [0.05, 0.1) is 39.0 Å². The second-order valence-electron chi connectivity index (χ2n) is 9.94. The normalized spacial score (nSPS) is 11.8. The average molecular weight is 498 g/mol. The van der Waals surface area contributed by atoms with Crippen LogP contribution < -0.4 is 5.11 Å². The highest BCUT2D eigenvalue weighted by molar-refractivity contribution is 5.66. The molecule has 7 heteroatoms. The summed E-state index contributed by atoms with van der Waals surface area (Å²) in [6.07, 6.45) is 20.8. The summed E-state index contributed by atoms with van der Waals surface area (Å²) in [4.78, 5) is 32.9. The molecule has 0 aromatic rings. The van der Waals surface area contributed by atoms with Crippen molar-refractivity contribution in [1.82, 2.24) is 0 Å². The molecule has 0 aromatic heterocycles. The van der Waals surface area contributed by atoms with Crippen molar-refractivity contribution in [2.75, 3.05) is 26.2 Å². The van der Waals surface area contributed by atoms with Crippen LogP contribution in [0.3, 0.4) is 0 Å². The number of carbonyl (C=O) groups excluding carboxylic acids is 1. The topological polar surface area (TPSA) is 115 Å². The maximum atomic E-state index is 11.0. The lowest BCUT2D eigenvalue weighted by atomic mass is 10.1. The van der Waals surface area contributed by atoms with E-state index in [9.17, 15) is 19.5 Å². The SMILES string of the molecule is CCCCCCCCC/C=C/CCCCC[N+](CCCC(=O)[O-])(CCCC(=O)O)CCCC(=O)O. The molecular weight excluding hydrogens is 446 g/mol. The summed E-state index contributed by atoms with van der Waals surface area (Å²) in [5.74, 6) is -2.76. The maximum absolute atomic E-state index is 11.0. The van der Waals surface area contributed by atoms with E-state index in [2.05, 4.69) is 19.1 Å². The van der Waals surface area contributed by atoms with Crippen LogP contribution >= 0.6 is 0 Å². The maximum Gasteiger partial charge on any atom is 0.303 e. The van der Waals surface area contributed by atoms with E-state index in [1.807, 2.05) is 0 Å². The zero-order chi connectivity index (χ0) is 26.2. The lowest BCUT2D eigenvalue weighted by Gasteiger charge is -2.39. The molecule has 0 atom stereocenters. The van der Waals surface area contributed by atoms with E-state index in [1.165, 1.54) is 44.9 Å². The van der Waals surface area contributed by atoms with E-state index in [4.69, 9.17) is 10.2 Å². The number of carbonyl (C=O) groups is 3. The molecule has 0 aliphatic carbocycles. The van der Waals surface area contributed by atoms with Crippen LogP contribution in [0.25, 0.3) is 0 Å². The lowest BCUT2D eigenvalue weighted by molar-refractivity contribution is -0.929. The highest BCUT2D eigenvalue weighted by Crippen LogP contribution is 2.18. The molecule has 0 radical (unpaired) electrons. The molecule has 35 heavy (non-hydrogen) atoms. The van der Waals surface area contributed by atoms with Gasteiger partial charge in [-0.1, -0.05) is 57.6 Å². The molecule has 0 aliphatic heterocycles. The highest BCUT2D eigenvalue weighted by Gasteiger charge is 2.26. The summed E-state index contributed by atoms with van der Waals surface area (Å²) in [5, 5.41) is 29.0. The third kappa shape index (κ3) is 22.3. The highest BCUT2D eigenvalue weighted by atomic mass is 16.4. The van der Waals surface area contributed by atoms with Crippen LogP contribution in [0, 0.1) is 0 Å². The Bertz CT molecular complexity index is 540. The standard InChI is InChI=1S/C28H51NO6/c1-2-3-4-5-6-7-8-9-10-11-12-13-14-15-22-29(23-16-19-26(30)31,24-17-20-27(32)33)25-18-21-28(34)35/h10-11H,2-9,12-25H2,1H3,(H2-,30,31,32,33,34,35)/b11-10+. The van der Waals surface area contributed by atoms with E-state index in [0.717, 1.165) is 38.6 Å². The molecule has 0 unspecified atom stereocenters. The summed E-state index contributed by atoms with van der Waals surface area (Å²) in [6, 6.07) is 0. The average Bonchev–Trinajstić information content (AvgIpc) is 2.78. The predicted octanol–water partition coefficient (Wildman–Crippen LogP) is 5.32. The number of unbranched alkanes of at least 4 members (excludes halogenated alkanes) is 10. The summed E-state index contributed by atoms with van der Waals surface area (Å²) < 4.78 is 0.599. The first-order chi connectivity index (χ1) is 16.8. The number of hydrogen-bond acceptors (Lipinski definition) is 4. The number of quaternary nitrogens is 1. The third-order valence-corrected chi connectivity index (χ3v) is 6.70. The van der Waals surface area contributed by atoms with Crippen LogP contribution in [0.1, 0.15) is 122 Å². The van der Waals surface area contributed by atoms with Crippen molar-refractivity contribution in [2.45, 2.75) is 122 Å². The van der Waals surface area contributed by atoms with Gasteiger partial charge in [-0.05, 0) is 44.9 Å². The predicted molar refractivity (Wildman–Crippen MR) is 138 cm³/mol. The Morgan fingerprint density at radius 2 is 1.00 bits per heavy atom. The Morgan fingerprint density at radius 3 is 1.46 bits per heavy atom. The molecule has 0 saturated heterocycles. The fraction of sp³-hybridized carbons (Fsp3) is 0.821. The molecule has 0 saturated carbocycles. The molecule has 0 aliphatic rings. The Labute approximate surface area is 213 Å². The minimum atomic E-state index is -1.08. The zero-order valence-electron chi connectivity index (χ0n) is 22.2. The Morgan fingerprint density at radius 1 is 0.600 bits per heavy atom. The number of hydrogen-bond donors (Lipinski definition) is 2. The van der Waals surface area contributed by atoms with Crippen molar-refractivity contribution >= 4 is 17.9 Å². The molecule has 0 fully saturated rings. The van der Waals surface area contributed by atoms with Crippen LogP contribution in [0.5, 0.6) is 0 Å². The largest absolute Gasteiger partial charge is 0.550 e. The van der Waals surface area contributed by atoms with Crippen LogP contribution in [0.2, 0.25) is 0 Å². The van der Waals surface area contributed by atoms with E-state index >= 15 is 0 Å². The van der Waals surface area contributed by atoms with Crippen LogP contribution in [0.15, 0.2) is 12.2 Å². The van der Waals surface area contributed by atoms with Crippen molar-refractivity contribution in [3.8, 4) is 0 Å². The number of allylic oxidation sites excluding steroid dienone is 2. The van der Waals surface area contributed by atoms with Gasteiger partial charge in [-0.25, -0.2) is 0 Å². The molecule has 0 rings (SSSR count). The number of rotatable bonds is 26. The van der Waals surface area contributed by atoms with Gasteiger partial charge in [-0.15, -0.1) is 0 Å². The molecule has 0 bridgehead atoms. The van der Waals surface area contributed by atoms with Crippen molar-refractivity contribution in [2.24, 2.45) is 0 Å². The first-order valence-electron chi connectivity index (χ1n) is 13.9. The molecule has 204 valence electrons. The van der Waals surface area contributed by atoms with Gasteiger partial charge in [-0.3, -0.25) is 9.59 Å². The summed E-state index contributed by atoms with van der Waals surface area (Å²) in [6.45, 7) is 4.96. The van der Waals surface area contributed by atoms with Gasteiger partial charge in [0.25, 0.3) is 0 Å². The molecule has 0 amide bonds. The third-order valence-electron chi connectivity index (χ3n) is 6.70. The second kappa shape index (κ2) is 22.6. The molecule has 0 aromatic carbocycles. The van der Waals surface area contributed by atoms with E-state index in [0.29, 0.717) is 43.4 Å². The van der Waals surface area contributed by atoms with Crippen LogP contribution in [0.4, 0.5) is 0 Å². The van der Waals surface area contributed by atoms with Gasteiger partial charge >= 0.3 is 11.9 Å². The van der Waals surface area contributed by atoms with Gasteiger partial charge in [0.2, 0.25) is 0 Å². The summed E-state index contributed by atoms with van der Waals surface area (Å²) in [7, 11) is 0. The fourth-order valence-electron chi connectivity index (χ4n) is 4.70. The molecule has 0 spiro atoms. The second-order valence-corrected chi connectivity index (χ2v) is 9.94. The molecular formula is C28H51NO6. The smallest absolute Gasteiger partial charge is 0.303 e. The van der Waals surface area contributed by atoms with Gasteiger partial charge < -0.3 is 24.6 Å². The van der Waals surface area contributed by atoms with Crippen molar-refractivity contribution in [3.05, 3.63) is 12.2 Å². The monoisotopic (exact) mass is 497 g/mol. The summed E-state index contributed by atoms with van der Waals surface area (Å²) in [5.41, 5.74) is 0. The van der Waals surface area contributed by atoms with E-state index in [1.54, 1.807) is 0 Å². The van der Waals surface area contributed by atoms with Crippen molar-refractivity contribution < 1.29 is 34.2 Å². The quantitative estimate of drug-likeness (QED) is 0.0949. The van der Waals surface area contributed by atoms with Gasteiger partial charge in [0.15, 0.2) is 0 Å². The number of aliphatic carboxylic acids is 3. The van der Waals surface area contributed by atoms with Crippen LogP contribution in [-0.2, 0) is 14.4 Å². The minimum absolute atomic E-state index is 0.0264. The summed E-state index contributed by atoms with van der Waals surface area (Å²) >= 11 is 0. The minimum Gasteiger partial charge on any atom is -0.550 e. The zero-order valence-corrected chi connectivity index (χ0v) is 22.2. The molecule has 7 nitrogen and oxygen atoms in total. The number of carboxylic acid groups (broad SMARTS) is 3. The van der Waals surface area contributed by atoms with Gasteiger partial charge in [0.1, 0.15) is 0 Å². The Balaban J connectivity index is 4.45.